The van der Waals surface area contributed by atoms with Crippen LogP contribution in [0, 0.1) is 0 Å². The van der Waals surface area contributed by atoms with Gasteiger partial charge in [-0.3, -0.25) is 4.90 Å². The van der Waals surface area contributed by atoms with Crippen LogP contribution in [0.15, 0.2) is 12.1 Å². The third kappa shape index (κ3) is 4.22. The van der Waals surface area contributed by atoms with E-state index >= 15 is 0 Å². The Hall–Kier alpha value is -0.710. The van der Waals surface area contributed by atoms with Gasteiger partial charge in [-0.05, 0) is 38.6 Å². The highest BCUT2D eigenvalue weighted by Gasteiger charge is 2.14. The molecule has 0 aromatic carbocycles. The van der Waals surface area contributed by atoms with Gasteiger partial charge in [0.15, 0.2) is 5.15 Å². The highest BCUT2D eigenvalue weighted by Crippen LogP contribution is 2.09. The van der Waals surface area contributed by atoms with Crippen LogP contribution in [0.5, 0.6) is 0 Å². The minimum Gasteiger partial charge on any atom is -0.313 e. The first-order valence-electron chi connectivity index (χ1n) is 6.14. The molecule has 1 N–H and O–H groups in total. The van der Waals surface area contributed by atoms with Crippen molar-refractivity contribution in [2.24, 2.45) is 0 Å². The van der Waals surface area contributed by atoms with Crippen LogP contribution >= 0.6 is 11.6 Å². The number of nitrogens with one attached hydrogen (secondary N) is 1. The average molecular weight is 255 g/mol. The van der Waals surface area contributed by atoms with Crippen LogP contribution in [0.1, 0.15) is 25.0 Å². The van der Waals surface area contributed by atoms with Crippen LogP contribution in [0.2, 0.25) is 5.15 Å². The molecule has 1 saturated heterocycles. The van der Waals surface area contributed by atoms with Crippen LogP contribution < -0.4 is 5.32 Å². The SMILES string of the molecule is CN(Cc1ccc(Cl)nn1)CC1CCCCN1. The second-order valence-electron chi connectivity index (χ2n) is 4.69. The standard InChI is InChI=1S/C12H19ClN4/c1-17(8-10-4-2-3-7-14-10)9-11-5-6-12(13)16-15-11/h5-6,10,14H,2-4,7-9H2,1H3. The van der Waals surface area contributed by atoms with E-state index < -0.39 is 0 Å². The summed E-state index contributed by atoms with van der Waals surface area (Å²) >= 11 is 5.71. The Kier molecular flexibility index (Phi) is 4.71. The minimum atomic E-state index is 0.449. The number of aromatic nitrogens is 2. The number of hydrogen-bond donors (Lipinski definition) is 1. The molecule has 1 aromatic rings. The number of hydrogen-bond acceptors (Lipinski definition) is 4. The monoisotopic (exact) mass is 254 g/mol. The Morgan fingerprint density at radius 1 is 1.41 bits per heavy atom. The van der Waals surface area contributed by atoms with E-state index in [2.05, 4.69) is 27.5 Å². The summed E-state index contributed by atoms with van der Waals surface area (Å²) in [5.74, 6) is 0. The zero-order valence-electron chi connectivity index (χ0n) is 10.2. The lowest BCUT2D eigenvalue weighted by atomic mass is 10.0. The fourth-order valence-electron chi connectivity index (χ4n) is 2.23. The van der Waals surface area contributed by atoms with E-state index in [0.29, 0.717) is 11.2 Å². The largest absolute Gasteiger partial charge is 0.313 e. The first kappa shape index (κ1) is 12.7. The zero-order valence-corrected chi connectivity index (χ0v) is 11.0. The van der Waals surface area contributed by atoms with Gasteiger partial charge >= 0.3 is 0 Å². The van der Waals surface area contributed by atoms with E-state index in [-0.39, 0.29) is 0 Å². The first-order valence-corrected chi connectivity index (χ1v) is 6.52. The fourth-order valence-corrected chi connectivity index (χ4v) is 2.33. The van der Waals surface area contributed by atoms with Crippen molar-refractivity contribution in [1.29, 1.82) is 0 Å². The highest BCUT2D eigenvalue weighted by atomic mass is 35.5. The second kappa shape index (κ2) is 6.28. The van der Waals surface area contributed by atoms with E-state index in [1.807, 2.05) is 6.07 Å². The molecule has 1 aliphatic rings. The van der Waals surface area contributed by atoms with E-state index in [1.54, 1.807) is 6.07 Å². The van der Waals surface area contributed by atoms with Crippen molar-refractivity contribution < 1.29 is 0 Å². The Morgan fingerprint density at radius 3 is 2.94 bits per heavy atom. The first-order chi connectivity index (χ1) is 8.24. The fraction of sp³-hybridized carbons (Fsp3) is 0.667. The minimum absolute atomic E-state index is 0.449. The van der Waals surface area contributed by atoms with Crippen molar-refractivity contribution in [1.82, 2.24) is 20.4 Å². The predicted molar refractivity (Wildman–Crippen MR) is 69.0 cm³/mol. The summed E-state index contributed by atoms with van der Waals surface area (Å²) in [5.41, 5.74) is 0.965. The highest BCUT2D eigenvalue weighted by molar-refractivity contribution is 6.29. The molecular weight excluding hydrogens is 236 g/mol. The van der Waals surface area contributed by atoms with Gasteiger partial charge in [-0.1, -0.05) is 18.0 Å². The number of likely N-dealkylation sites (N-methyl/N-ethyl adjacent to an activating group) is 1. The molecule has 0 radical (unpaired) electrons. The molecule has 94 valence electrons. The molecule has 4 nitrogen and oxygen atoms in total. The quantitative estimate of drug-likeness (QED) is 0.888. The summed E-state index contributed by atoms with van der Waals surface area (Å²) in [6.45, 7) is 3.03. The van der Waals surface area contributed by atoms with Crippen LogP contribution in [-0.4, -0.2) is 41.3 Å². The molecule has 2 heterocycles. The summed E-state index contributed by atoms with van der Waals surface area (Å²) < 4.78 is 0. The lowest BCUT2D eigenvalue weighted by Gasteiger charge is -2.27. The van der Waals surface area contributed by atoms with E-state index in [9.17, 15) is 0 Å². The molecule has 1 fully saturated rings. The molecule has 0 amide bonds. The maximum Gasteiger partial charge on any atom is 0.151 e. The summed E-state index contributed by atoms with van der Waals surface area (Å²) in [5, 5.41) is 11.9. The number of rotatable bonds is 4. The lowest BCUT2D eigenvalue weighted by Crippen LogP contribution is -2.42. The Morgan fingerprint density at radius 2 is 2.29 bits per heavy atom. The normalized spacial score (nSPS) is 20.8. The molecule has 0 spiro atoms. The van der Waals surface area contributed by atoms with Crippen molar-refractivity contribution >= 4 is 11.6 Å². The molecular formula is C12H19ClN4. The summed E-state index contributed by atoms with van der Waals surface area (Å²) in [6, 6.07) is 4.34. The van der Waals surface area contributed by atoms with Crippen molar-refractivity contribution in [3.63, 3.8) is 0 Å². The van der Waals surface area contributed by atoms with Gasteiger partial charge in [0, 0.05) is 19.1 Å². The van der Waals surface area contributed by atoms with Gasteiger partial charge < -0.3 is 5.32 Å². The summed E-state index contributed by atoms with van der Waals surface area (Å²) in [6.07, 6.45) is 3.92. The van der Waals surface area contributed by atoms with E-state index in [4.69, 9.17) is 11.6 Å². The molecule has 0 bridgehead atoms. The number of halogens is 1. The summed E-state index contributed by atoms with van der Waals surface area (Å²) in [7, 11) is 2.12. The van der Waals surface area contributed by atoms with Crippen LogP contribution in [0.3, 0.4) is 0 Å². The molecule has 1 aromatic heterocycles. The van der Waals surface area contributed by atoms with Gasteiger partial charge in [-0.25, -0.2) is 0 Å². The zero-order chi connectivity index (χ0) is 12.1. The average Bonchev–Trinajstić information content (AvgIpc) is 2.33. The van der Waals surface area contributed by atoms with Crippen molar-refractivity contribution in [3.8, 4) is 0 Å². The van der Waals surface area contributed by atoms with Gasteiger partial charge in [0.05, 0.1) is 5.69 Å². The Labute approximate surface area is 107 Å². The molecule has 1 atom stereocenters. The van der Waals surface area contributed by atoms with Gasteiger partial charge in [0.25, 0.3) is 0 Å². The number of nitrogens with zero attached hydrogens (tertiary/aromatic N) is 3. The molecule has 5 heteroatoms. The summed E-state index contributed by atoms with van der Waals surface area (Å²) in [4.78, 5) is 2.28. The molecule has 1 aliphatic heterocycles. The van der Waals surface area contributed by atoms with Gasteiger partial charge in [-0.15, -0.1) is 5.10 Å². The van der Waals surface area contributed by atoms with Crippen LogP contribution in [-0.2, 0) is 6.54 Å². The topological polar surface area (TPSA) is 41.1 Å². The van der Waals surface area contributed by atoms with E-state index in [0.717, 1.165) is 25.3 Å². The molecule has 0 aliphatic carbocycles. The predicted octanol–water partition coefficient (Wildman–Crippen LogP) is 1.70. The Bertz CT molecular complexity index is 335. The molecule has 17 heavy (non-hydrogen) atoms. The smallest absolute Gasteiger partial charge is 0.151 e. The van der Waals surface area contributed by atoms with Gasteiger partial charge in [-0.2, -0.15) is 5.10 Å². The third-order valence-corrected chi connectivity index (χ3v) is 3.27. The van der Waals surface area contributed by atoms with Crippen LogP contribution in [0.4, 0.5) is 0 Å². The van der Waals surface area contributed by atoms with Crippen molar-refractivity contribution in [3.05, 3.63) is 23.0 Å². The van der Waals surface area contributed by atoms with E-state index in [1.165, 1.54) is 19.3 Å². The molecule has 2 rings (SSSR count). The van der Waals surface area contributed by atoms with Crippen molar-refractivity contribution in [2.45, 2.75) is 31.8 Å². The lowest BCUT2D eigenvalue weighted by molar-refractivity contribution is 0.254. The second-order valence-corrected chi connectivity index (χ2v) is 5.08. The maximum atomic E-state index is 5.71. The van der Waals surface area contributed by atoms with Gasteiger partial charge in [0.1, 0.15) is 0 Å². The van der Waals surface area contributed by atoms with Crippen molar-refractivity contribution in [2.75, 3.05) is 20.1 Å². The Balaban J connectivity index is 1.79. The number of piperidine rings is 1. The molecule has 1 unspecified atom stereocenters. The maximum absolute atomic E-state index is 5.71. The molecule has 0 saturated carbocycles. The third-order valence-electron chi connectivity index (χ3n) is 3.06. The van der Waals surface area contributed by atoms with Gasteiger partial charge in [0.2, 0.25) is 0 Å². The van der Waals surface area contributed by atoms with Crippen LogP contribution in [0.25, 0.3) is 0 Å².